The van der Waals surface area contributed by atoms with Gasteiger partial charge in [0.05, 0.1) is 12.7 Å². The third-order valence-electron chi connectivity index (χ3n) is 3.60. The number of fused-ring (bicyclic) bond motifs is 4. The Morgan fingerprint density at radius 2 is 2.33 bits per heavy atom. The Morgan fingerprint density at radius 1 is 1.50 bits per heavy atom. The van der Waals surface area contributed by atoms with Crippen molar-refractivity contribution in [3.63, 3.8) is 0 Å². The van der Waals surface area contributed by atoms with Crippen molar-refractivity contribution in [2.75, 3.05) is 13.2 Å². The lowest BCUT2D eigenvalue weighted by Gasteiger charge is -2.43. The van der Waals surface area contributed by atoms with Crippen molar-refractivity contribution in [3.05, 3.63) is 35.4 Å². The van der Waals surface area contributed by atoms with Crippen LogP contribution in [0.2, 0.25) is 0 Å². The van der Waals surface area contributed by atoms with Gasteiger partial charge < -0.3 is 9.47 Å². The molecule has 18 heavy (non-hydrogen) atoms. The van der Waals surface area contributed by atoms with Gasteiger partial charge in [-0.25, -0.2) is 4.79 Å². The van der Waals surface area contributed by atoms with E-state index in [9.17, 15) is 4.79 Å². The zero-order valence-corrected chi connectivity index (χ0v) is 10.5. The fourth-order valence-electron chi connectivity index (χ4n) is 2.76. The zero-order chi connectivity index (χ0) is 12.5. The molecule has 2 aliphatic rings. The van der Waals surface area contributed by atoms with E-state index < -0.39 is 0 Å². The first kappa shape index (κ1) is 11.5. The number of amides is 1. The van der Waals surface area contributed by atoms with Crippen LogP contribution < -0.4 is 0 Å². The molecule has 0 spiro atoms. The Labute approximate surface area is 106 Å². The number of hydrogen-bond acceptors (Lipinski definition) is 3. The molecule has 0 saturated carbocycles. The van der Waals surface area contributed by atoms with E-state index in [1.807, 2.05) is 19.1 Å². The molecule has 2 heterocycles. The molecule has 2 atom stereocenters. The second-order valence-electron chi connectivity index (χ2n) is 4.66. The molecule has 1 fully saturated rings. The monoisotopic (exact) mass is 247 g/mol. The molecule has 3 rings (SSSR count). The molecule has 0 radical (unpaired) electrons. The second kappa shape index (κ2) is 4.61. The van der Waals surface area contributed by atoms with Crippen molar-refractivity contribution in [1.82, 2.24) is 4.90 Å². The molecule has 2 bridgehead atoms. The number of nitrogens with zero attached hydrogens (tertiary/aromatic N) is 1. The van der Waals surface area contributed by atoms with Crippen molar-refractivity contribution in [1.29, 1.82) is 0 Å². The van der Waals surface area contributed by atoms with E-state index in [2.05, 4.69) is 12.1 Å². The fourth-order valence-corrected chi connectivity index (χ4v) is 2.76. The Hall–Kier alpha value is -1.55. The van der Waals surface area contributed by atoms with Crippen LogP contribution in [0.4, 0.5) is 4.79 Å². The van der Waals surface area contributed by atoms with Crippen molar-refractivity contribution in [2.24, 2.45) is 0 Å². The lowest BCUT2D eigenvalue weighted by molar-refractivity contribution is -0.138. The number of benzene rings is 1. The summed E-state index contributed by atoms with van der Waals surface area (Å²) >= 11 is 0. The van der Waals surface area contributed by atoms with E-state index >= 15 is 0 Å². The first-order valence-corrected chi connectivity index (χ1v) is 6.46. The maximum absolute atomic E-state index is 11.8. The highest BCUT2D eigenvalue weighted by molar-refractivity contribution is 5.68. The molecule has 4 nitrogen and oxygen atoms in total. The number of hydrogen-bond donors (Lipinski definition) is 0. The molecular weight excluding hydrogens is 230 g/mol. The van der Waals surface area contributed by atoms with Crippen molar-refractivity contribution >= 4 is 6.09 Å². The average Bonchev–Trinajstić information content (AvgIpc) is 2.39. The van der Waals surface area contributed by atoms with E-state index in [1.165, 1.54) is 11.1 Å². The molecule has 0 N–H and O–H groups in total. The van der Waals surface area contributed by atoms with Crippen molar-refractivity contribution < 1.29 is 14.3 Å². The van der Waals surface area contributed by atoms with Gasteiger partial charge in [-0.2, -0.15) is 0 Å². The van der Waals surface area contributed by atoms with Crippen LogP contribution >= 0.6 is 0 Å². The predicted molar refractivity (Wildman–Crippen MR) is 66.1 cm³/mol. The van der Waals surface area contributed by atoms with Gasteiger partial charge in [0.2, 0.25) is 0 Å². The van der Waals surface area contributed by atoms with Gasteiger partial charge in [0.1, 0.15) is 6.23 Å². The Balaban J connectivity index is 1.83. The average molecular weight is 247 g/mol. The molecule has 0 aliphatic carbocycles. The highest BCUT2D eigenvalue weighted by Crippen LogP contribution is 2.37. The van der Waals surface area contributed by atoms with Crippen LogP contribution in [0.3, 0.4) is 0 Å². The lowest BCUT2D eigenvalue weighted by atomic mass is 9.92. The summed E-state index contributed by atoms with van der Waals surface area (Å²) in [6, 6.07) is 8.32. The number of rotatable bonds is 1. The summed E-state index contributed by atoms with van der Waals surface area (Å²) in [5, 5.41) is 0. The summed E-state index contributed by atoms with van der Waals surface area (Å²) in [7, 11) is 0. The number of carbonyl (C=O) groups is 1. The van der Waals surface area contributed by atoms with Crippen LogP contribution in [-0.2, 0) is 15.9 Å². The highest BCUT2D eigenvalue weighted by atomic mass is 16.6. The van der Waals surface area contributed by atoms with Gasteiger partial charge >= 0.3 is 6.09 Å². The smallest absolute Gasteiger partial charge is 0.411 e. The van der Waals surface area contributed by atoms with Gasteiger partial charge in [0.25, 0.3) is 0 Å². The molecular formula is C14H17NO3. The minimum Gasteiger partial charge on any atom is -0.450 e. The predicted octanol–water partition coefficient (Wildman–Crippen LogP) is 2.49. The van der Waals surface area contributed by atoms with Crippen molar-refractivity contribution in [2.45, 2.75) is 32.1 Å². The van der Waals surface area contributed by atoms with Gasteiger partial charge in [0, 0.05) is 13.0 Å². The first-order valence-electron chi connectivity index (χ1n) is 6.46. The van der Waals surface area contributed by atoms with E-state index in [4.69, 9.17) is 9.47 Å². The summed E-state index contributed by atoms with van der Waals surface area (Å²) in [4.78, 5) is 13.5. The second-order valence-corrected chi connectivity index (χ2v) is 4.66. The molecule has 1 saturated heterocycles. The molecule has 1 aromatic rings. The molecule has 96 valence electrons. The summed E-state index contributed by atoms with van der Waals surface area (Å²) < 4.78 is 11.0. The first-order chi connectivity index (χ1) is 8.79. The SMILES string of the molecule is CCOC(=O)N1CCC2OC1Cc1ccccc12. The van der Waals surface area contributed by atoms with Gasteiger partial charge in [-0.15, -0.1) is 0 Å². The topological polar surface area (TPSA) is 38.8 Å². The molecule has 2 aliphatic heterocycles. The maximum atomic E-state index is 11.8. The molecule has 4 heteroatoms. The Bertz CT molecular complexity index is 460. The summed E-state index contributed by atoms with van der Waals surface area (Å²) in [5.41, 5.74) is 2.56. The number of ether oxygens (including phenoxy) is 2. The van der Waals surface area contributed by atoms with Crippen LogP contribution in [0.25, 0.3) is 0 Å². The third-order valence-corrected chi connectivity index (χ3v) is 3.60. The van der Waals surface area contributed by atoms with Gasteiger partial charge in [-0.3, -0.25) is 4.90 Å². The summed E-state index contributed by atoms with van der Waals surface area (Å²) in [6.07, 6.45) is 1.29. The molecule has 1 amide bonds. The normalized spacial score (nSPS) is 25.5. The van der Waals surface area contributed by atoms with Crippen LogP contribution in [0.1, 0.15) is 30.6 Å². The Morgan fingerprint density at radius 3 is 3.17 bits per heavy atom. The standard InChI is InChI=1S/C14H17NO3/c1-2-17-14(16)15-8-7-12-11-6-4-3-5-10(11)9-13(15)18-12/h3-6,12-13H,2,7-9H2,1H3. The molecule has 1 aromatic carbocycles. The van der Waals surface area contributed by atoms with Crippen LogP contribution in [0, 0.1) is 0 Å². The summed E-state index contributed by atoms with van der Waals surface area (Å²) in [6.45, 7) is 2.94. The van der Waals surface area contributed by atoms with Gasteiger partial charge in [0.15, 0.2) is 0 Å². The maximum Gasteiger partial charge on any atom is 0.411 e. The fraction of sp³-hybridized carbons (Fsp3) is 0.500. The van der Waals surface area contributed by atoms with E-state index in [0.717, 1.165) is 12.8 Å². The van der Waals surface area contributed by atoms with Crippen molar-refractivity contribution in [3.8, 4) is 0 Å². The Kier molecular flexibility index (Phi) is 2.96. The zero-order valence-electron chi connectivity index (χ0n) is 10.5. The quantitative estimate of drug-likeness (QED) is 0.765. The van der Waals surface area contributed by atoms with Crippen LogP contribution in [0.5, 0.6) is 0 Å². The molecule has 2 unspecified atom stereocenters. The largest absolute Gasteiger partial charge is 0.450 e. The highest BCUT2D eigenvalue weighted by Gasteiger charge is 2.38. The third kappa shape index (κ3) is 1.86. The van der Waals surface area contributed by atoms with E-state index in [1.54, 1.807) is 4.90 Å². The minimum absolute atomic E-state index is 0.130. The summed E-state index contributed by atoms with van der Waals surface area (Å²) in [5.74, 6) is 0. The van der Waals surface area contributed by atoms with E-state index in [-0.39, 0.29) is 18.4 Å². The van der Waals surface area contributed by atoms with Crippen LogP contribution in [0.15, 0.2) is 24.3 Å². The van der Waals surface area contributed by atoms with Gasteiger partial charge in [-0.05, 0) is 24.5 Å². The number of carbonyl (C=O) groups excluding carboxylic acids is 1. The lowest BCUT2D eigenvalue weighted by Crippen LogP contribution is -2.50. The molecule has 0 aromatic heterocycles. The van der Waals surface area contributed by atoms with Crippen LogP contribution in [-0.4, -0.2) is 30.4 Å². The van der Waals surface area contributed by atoms with Gasteiger partial charge in [-0.1, -0.05) is 24.3 Å². The van der Waals surface area contributed by atoms with E-state index in [0.29, 0.717) is 13.2 Å². The minimum atomic E-state index is -0.264.